The van der Waals surface area contributed by atoms with E-state index >= 15 is 0 Å². The molecule has 2 fully saturated rings. The number of furan rings is 1. The van der Waals surface area contributed by atoms with Gasteiger partial charge in [-0.05, 0) is 86.8 Å². The lowest BCUT2D eigenvalue weighted by Gasteiger charge is -2.36. The molecule has 2 amide bonds. The zero-order valence-electron chi connectivity index (χ0n) is 22.6. The average Bonchev–Trinajstić information content (AvgIpc) is 3.71. The van der Waals surface area contributed by atoms with Gasteiger partial charge in [0, 0.05) is 54.8 Å². The first-order chi connectivity index (χ1) is 19.4. The van der Waals surface area contributed by atoms with E-state index in [1.807, 2.05) is 36.4 Å². The van der Waals surface area contributed by atoms with Crippen LogP contribution in [0.25, 0.3) is 11.3 Å². The summed E-state index contributed by atoms with van der Waals surface area (Å²) >= 11 is 5.94. The molecule has 2 aliphatic rings. The van der Waals surface area contributed by atoms with Gasteiger partial charge in [0.15, 0.2) is 11.5 Å². The van der Waals surface area contributed by atoms with Gasteiger partial charge in [-0.3, -0.25) is 19.3 Å². The number of rotatable bonds is 11. The van der Waals surface area contributed by atoms with Crippen molar-refractivity contribution in [1.29, 1.82) is 0 Å². The molecule has 0 bridgehead atoms. The van der Waals surface area contributed by atoms with Crippen LogP contribution < -0.4 is 10.1 Å². The third kappa shape index (κ3) is 7.11. The molecule has 0 spiro atoms. The zero-order valence-corrected chi connectivity index (χ0v) is 23.4. The van der Waals surface area contributed by atoms with Gasteiger partial charge in [-0.2, -0.15) is 0 Å². The fourth-order valence-corrected chi connectivity index (χ4v) is 4.93. The van der Waals surface area contributed by atoms with Gasteiger partial charge in [-0.1, -0.05) is 11.6 Å². The quantitative estimate of drug-likeness (QED) is 0.263. The number of nitrogens with one attached hydrogen (secondary N) is 1. The molecule has 1 atom stereocenters. The zero-order chi connectivity index (χ0) is 28.1. The molecule has 9 heteroatoms. The molecular formula is C31H34ClN3O5. The van der Waals surface area contributed by atoms with Crippen LogP contribution in [-0.4, -0.2) is 72.8 Å². The van der Waals surface area contributed by atoms with Crippen LogP contribution in [0.15, 0.2) is 65.1 Å². The van der Waals surface area contributed by atoms with Crippen LogP contribution in [-0.2, 0) is 4.79 Å². The number of hydrogen-bond donors (Lipinski definition) is 1. The van der Waals surface area contributed by atoms with Gasteiger partial charge in [-0.15, -0.1) is 0 Å². The number of piperazine rings is 1. The minimum Gasteiger partial charge on any atom is -0.494 e. The summed E-state index contributed by atoms with van der Waals surface area (Å²) in [5.74, 6) is 1.41. The first-order valence-electron chi connectivity index (χ1n) is 13.8. The average molecular weight is 564 g/mol. The van der Waals surface area contributed by atoms with Gasteiger partial charge in [0.1, 0.15) is 17.6 Å². The molecule has 1 unspecified atom stereocenters. The summed E-state index contributed by atoms with van der Waals surface area (Å²) in [6, 6.07) is 17.2. The van der Waals surface area contributed by atoms with Gasteiger partial charge in [-0.25, -0.2) is 0 Å². The maximum absolute atomic E-state index is 13.0. The number of amides is 2. The van der Waals surface area contributed by atoms with Crippen molar-refractivity contribution in [3.8, 4) is 17.1 Å². The van der Waals surface area contributed by atoms with E-state index in [4.69, 9.17) is 20.8 Å². The van der Waals surface area contributed by atoms with E-state index in [1.54, 1.807) is 36.1 Å². The lowest BCUT2D eigenvalue weighted by Crippen LogP contribution is -2.54. The molecule has 1 aromatic heterocycles. The minimum atomic E-state index is -0.664. The fourth-order valence-electron chi connectivity index (χ4n) is 4.80. The molecule has 210 valence electrons. The van der Waals surface area contributed by atoms with Crippen molar-refractivity contribution >= 4 is 29.2 Å². The van der Waals surface area contributed by atoms with Crippen molar-refractivity contribution < 1.29 is 23.5 Å². The number of ether oxygens (including phenoxy) is 1. The van der Waals surface area contributed by atoms with E-state index in [-0.39, 0.29) is 23.4 Å². The highest BCUT2D eigenvalue weighted by molar-refractivity contribution is 6.30. The third-order valence-corrected chi connectivity index (χ3v) is 7.59. The summed E-state index contributed by atoms with van der Waals surface area (Å²) in [6.07, 6.45) is 2.88. The molecule has 2 heterocycles. The number of ketones is 1. The maximum Gasteiger partial charge on any atom is 0.287 e. The molecule has 3 aromatic rings. The van der Waals surface area contributed by atoms with E-state index in [9.17, 15) is 14.4 Å². The summed E-state index contributed by atoms with van der Waals surface area (Å²) in [5, 5.41) is 3.38. The second-order valence-corrected chi connectivity index (χ2v) is 10.8. The van der Waals surface area contributed by atoms with Crippen LogP contribution >= 0.6 is 11.6 Å². The topological polar surface area (TPSA) is 92.1 Å². The normalized spacial score (nSPS) is 16.4. The fraction of sp³-hybridized carbons (Fsp3) is 0.387. The number of Topliss-reactive ketones (excluding diaryl/α,β-unsaturated/α-hetero) is 1. The first kappa shape index (κ1) is 27.9. The van der Waals surface area contributed by atoms with E-state index < -0.39 is 11.9 Å². The van der Waals surface area contributed by atoms with E-state index in [0.29, 0.717) is 30.5 Å². The highest BCUT2D eigenvalue weighted by atomic mass is 35.5. The lowest BCUT2D eigenvalue weighted by molar-refractivity contribution is -0.134. The SMILES string of the molecule is CC(NC(=O)c1ccc(-c2ccc(Cl)cc2)o1)C(=O)N1CCN(CCCOc2ccc(C(=O)C3CC3)cc2)CC1. The monoisotopic (exact) mass is 563 g/mol. The summed E-state index contributed by atoms with van der Waals surface area (Å²) in [4.78, 5) is 41.9. The summed E-state index contributed by atoms with van der Waals surface area (Å²) in [7, 11) is 0. The predicted molar refractivity (Wildman–Crippen MR) is 153 cm³/mol. The number of halogens is 1. The molecule has 1 saturated heterocycles. The molecule has 40 heavy (non-hydrogen) atoms. The van der Waals surface area contributed by atoms with Crippen molar-refractivity contribution in [3.63, 3.8) is 0 Å². The molecule has 1 saturated carbocycles. The molecule has 5 rings (SSSR count). The van der Waals surface area contributed by atoms with Gasteiger partial charge in [0.2, 0.25) is 5.91 Å². The smallest absolute Gasteiger partial charge is 0.287 e. The number of nitrogens with zero attached hydrogens (tertiary/aromatic N) is 2. The Labute approximate surface area is 239 Å². The van der Waals surface area contributed by atoms with Gasteiger partial charge in [0.05, 0.1) is 6.61 Å². The van der Waals surface area contributed by atoms with Gasteiger partial charge in [0.25, 0.3) is 5.91 Å². The van der Waals surface area contributed by atoms with Crippen molar-refractivity contribution in [1.82, 2.24) is 15.1 Å². The summed E-state index contributed by atoms with van der Waals surface area (Å²) in [6.45, 7) is 5.92. The first-order valence-corrected chi connectivity index (χ1v) is 14.2. The minimum absolute atomic E-state index is 0.107. The highest BCUT2D eigenvalue weighted by Gasteiger charge is 2.30. The number of carbonyl (C=O) groups is 3. The van der Waals surface area contributed by atoms with E-state index in [0.717, 1.165) is 55.8 Å². The molecule has 8 nitrogen and oxygen atoms in total. The van der Waals surface area contributed by atoms with Crippen LogP contribution in [0.2, 0.25) is 5.02 Å². The van der Waals surface area contributed by atoms with E-state index in [1.165, 1.54) is 0 Å². The number of carbonyl (C=O) groups excluding carboxylic acids is 3. The van der Waals surface area contributed by atoms with Crippen LogP contribution in [0.1, 0.15) is 47.1 Å². The number of benzene rings is 2. The Balaban J connectivity index is 0.998. The Morgan fingerprint density at radius 3 is 2.35 bits per heavy atom. The van der Waals surface area contributed by atoms with Crippen molar-refractivity contribution in [2.45, 2.75) is 32.2 Å². The highest BCUT2D eigenvalue weighted by Crippen LogP contribution is 2.33. The van der Waals surface area contributed by atoms with Crippen LogP contribution in [0.4, 0.5) is 0 Å². The second kappa shape index (κ2) is 12.7. The second-order valence-electron chi connectivity index (χ2n) is 10.4. The molecule has 1 aliphatic heterocycles. The molecule has 1 N–H and O–H groups in total. The Morgan fingerprint density at radius 2 is 1.68 bits per heavy atom. The Kier molecular flexibility index (Phi) is 8.87. The Bertz CT molecular complexity index is 1330. The Morgan fingerprint density at radius 1 is 0.975 bits per heavy atom. The lowest BCUT2D eigenvalue weighted by atomic mass is 10.1. The van der Waals surface area contributed by atoms with Crippen molar-refractivity contribution in [3.05, 3.63) is 77.0 Å². The maximum atomic E-state index is 13.0. The number of hydrogen-bond acceptors (Lipinski definition) is 6. The van der Waals surface area contributed by atoms with Crippen LogP contribution in [0.5, 0.6) is 5.75 Å². The Hall–Kier alpha value is -3.62. The standard InChI is InChI=1S/C31H34ClN3O5/c1-21(33-30(37)28-14-13-27(40-28)22-5-9-25(32)10-6-22)31(38)35-18-16-34(17-19-35)15-2-20-39-26-11-7-24(8-12-26)29(36)23-3-4-23/h5-14,21,23H,2-4,15-20H2,1H3,(H,33,37). The molecule has 0 radical (unpaired) electrons. The third-order valence-electron chi connectivity index (χ3n) is 7.33. The summed E-state index contributed by atoms with van der Waals surface area (Å²) < 4.78 is 11.5. The van der Waals surface area contributed by atoms with Crippen LogP contribution in [0.3, 0.4) is 0 Å². The van der Waals surface area contributed by atoms with Crippen LogP contribution in [0, 0.1) is 5.92 Å². The largest absolute Gasteiger partial charge is 0.494 e. The van der Waals surface area contributed by atoms with Gasteiger partial charge < -0.3 is 19.4 Å². The van der Waals surface area contributed by atoms with E-state index in [2.05, 4.69) is 10.2 Å². The van der Waals surface area contributed by atoms with Crippen molar-refractivity contribution in [2.24, 2.45) is 5.92 Å². The van der Waals surface area contributed by atoms with Crippen molar-refractivity contribution in [2.75, 3.05) is 39.3 Å². The molecule has 1 aliphatic carbocycles. The molecule has 2 aromatic carbocycles. The predicted octanol–water partition coefficient (Wildman–Crippen LogP) is 4.92. The summed E-state index contributed by atoms with van der Waals surface area (Å²) in [5.41, 5.74) is 1.58. The van der Waals surface area contributed by atoms with Gasteiger partial charge >= 0.3 is 0 Å². The molecular weight excluding hydrogens is 530 g/mol.